The molecule has 0 aromatic heterocycles. The molecule has 0 bridgehead atoms. The predicted molar refractivity (Wildman–Crippen MR) is 155 cm³/mol. The predicted octanol–water partition coefficient (Wildman–Crippen LogP) is 3.50. The highest BCUT2D eigenvalue weighted by Gasteiger charge is 2.32. The van der Waals surface area contributed by atoms with Crippen molar-refractivity contribution in [1.82, 2.24) is 16.1 Å². The number of halogens is 1. The van der Waals surface area contributed by atoms with Crippen LogP contribution in [-0.4, -0.2) is 57.0 Å². The summed E-state index contributed by atoms with van der Waals surface area (Å²) in [6.07, 6.45) is 1.39. The summed E-state index contributed by atoms with van der Waals surface area (Å²) in [5, 5.41) is 9.24. The molecule has 0 fully saturated rings. The number of hydrogen-bond donors (Lipinski definition) is 3. The molecule has 2 aromatic rings. The Morgan fingerprint density at radius 2 is 1.83 bits per heavy atom. The molecule has 2 aromatic carbocycles. The minimum atomic E-state index is -0.787. The van der Waals surface area contributed by atoms with E-state index in [1.807, 2.05) is 0 Å². The van der Waals surface area contributed by atoms with E-state index in [0.717, 1.165) is 0 Å². The molecule has 0 aliphatic carbocycles. The van der Waals surface area contributed by atoms with Crippen LogP contribution in [0.1, 0.15) is 44.9 Å². The van der Waals surface area contributed by atoms with Gasteiger partial charge in [-0.25, -0.2) is 15.0 Å². The highest BCUT2D eigenvalue weighted by molar-refractivity contribution is 9.10. The maximum Gasteiger partial charge on any atom is 0.338 e. The van der Waals surface area contributed by atoms with Gasteiger partial charge in [0.2, 0.25) is 0 Å². The van der Waals surface area contributed by atoms with Gasteiger partial charge < -0.3 is 34.3 Å². The summed E-state index contributed by atoms with van der Waals surface area (Å²) in [6, 6.07) is 6.81. The van der Waals surface area contributed by atoms with Crippen LogP contribution in [-0.2, 0) is 19.1 Å². The van der Waals surface area contributed by atoms with E-state index < -0.39 is 29.9 Å². The maximum absolute atomic E-state index is 12.6. The molecule has 0 unspecified atom stereocenters. The lowest BCUT2D eigenvalue weighted by Gasteiger charge is -2.28. The molecule has 1 heterocycles. The number of allylic oxidation sites excluding steroid dienone is 1. The van der Waals surface area contributed by atoms with E-state index in [1.165, 1.54) is 20.2 Å². The number of rotatable bonds is 12. The van der Waals surface area contributed by atoms with Gasteiger partial charge in [0.25, 0.3) is 5.91 Å². The molecular weight excluding hydrogens is 616 g/mol. The molecule has 3 N–H and O–H groups in total. The number of amides is 3. The number of nitrogens with one attached hydrogen (secondary N) is 3. The zero-order valence-corrected chi connectivity index (χ0v) is 25.2. The lowest BCUT2D eigenvalue weighted by molar-refractivity contribution is -0.139. The van der Waals surface area contributed by atoms with Crippen molar-refractivity contribution in [2.45, 2.75) is 33.7 Å². The van der Waals surface area contributed by atoms with Gasteiger partial charge in [-0.2, -0.15) is 5.10 Å². The summed E-state index contributed by atoms with van der Waals surface area (Å²) < 4.78 is 27.4. The van der Waals surface area contributed by atoms with Crippen molar-refractivity contribution in [1.29, 1.82) is 0 Å². The van der Waals surface area contributed by atoms with Crippen molar-refractivity contribution in [2.24, 2.45) is 5.10 Å². The number of hydrogen-bond acceptors (Lipinski definition) is 10. The smallest absolute Gasteiger partial charge is 0.338 e. The van der Waals surface area contributed by atoms with Crippen molar-refractivity contribution >= 4 is 46.0 Å². The second kappa shape index (κ2) is 14.9. The number of nitrogens with zero attached hydrogens (tertiary/aromatic N) is 1. The third-order valence-electron chi connectivity index (χ3n) is 5.62. The van der Waals surface area contributed by atoms with Gasteiger partial charge in [0.05, 0.1) is 42.6 Å². The van der Waals surface area contributed by atoms with Crippen LogP contribution in [0.25, 0.3) is 0 Å². The third-order valence-corrected chi connectivity index (χ3v) is 6.21. The summed E-state index contributed by atoms with van der Waals surface area (Å²) in [6.45, 7) is 6.51. The Bertz CT molecular complexity index is 1420. The summed E-state index contributed by atoms with van der Waals surface area (Å²) in [4.78, 5) is 48.5. The molecule has 13 nitrogen and oxygen atoms in total. The van der Waals surface area contributed by atoms with Crippen LogP contribution in [0.4, 0.5) is 4.79 Å². The lowest BCUT2D eigenvalue weighted by Crippen LogP contribution is -2.45. The number of methoxy groups -OCH3 is 1. The first-order chi connectivity index (χ1) is 20.1. The molecule has 0 radical (unpaired) electrons. The minimum Gasteiger partial charge on any atom is -0.493 e. The lowest BCUT2D eigenvalue weighted by atomic mass is 9.95. The monoisotopic (exact) mass is 646 g/mol. The van der Waals surface area contributed by atoms with E-state index in [0.29, 0.717) is 33.7 Å². The number of hydrazone groups is 1. The van der Waals surface area contributed by atoms with E-state index in [1.54, 1.807) is 51.1 Å². The van der Waals surface area contributed by atoms with Crippen LogP contribution >= 0.6 is 15.9 Å². The summed E-state index contributed by atoms with van der Waals surface area (Å²) >= 11 is 3.35. The van der Waals surface area contributed by atoms with Gasteiger partial charge in [-0.1, -0.05) is 6.07 Å². The minimum absolute atomic E-state index is 0.173. The highest BCUT2D eigenvalue weighted by Crippen LogP contribution is 2.37. The second-order valence-corrected chi connectivity index (χ2v) is 9.49. The van der Waals surface area contributed by atoms with Gasteiger partial charge in [-0.15, -0.1) is 0 Å². The molecule has 42 heavy (non-hydrogen) atoms. The van der Waals surface area contributed by atoms with Crippen molar-refractivity contribution in [3.05, 3.63) is 57.2 Å². The second-order valence-electron chi connectivity index (χ2n) is 8.64. The number of carbonyl (C=O) groups is 4. The number of ether oxygens (including phenoxy) is 5. The first-order valence-electron chi connectivity index (χ1n) is 12.8. The molecule has 1 aliphatic rings. The Morgan fingerprint density at radius 3 is 2.50 bits per heavy atom. The van der Waals surface area contributed by atoms with Gasteiger partial charge in [-0.3, -0.25) is 9.59 Å². The van der Waals surface area contributed by atoms with E-state index >= 15 is 0 Å². The van der Waals surface area contributed by atoms with Crippen LogP contribution in [0, 0.1) is 0 Å². The van der Waals surface area contributed by atoms with Crippen LogP contribution in [0.3, 0.4) is 0 Å². The van der Waals surface area contributed by atoms with Gasteiger partial charge in [-0.05, 0) is 72.1 Å². The van der Waals surface area contributed by atoms with Crippen molar-refractivity contribution in [3.63, 3.8) is 0 Å². The van der Waals surface area contributed by atoms with Crippen LogP contribution in [0.15, 0.2) is 51.2 Å². The fraction of sp³-hybridized carbons (Fsp3) is 0.321. The molecular formula is C28H31BrN4O9. The standard InChI is InChI=1S/C28H31BrN4O9/c1-6-39-22-11-17(10-19(29)26(22)42-16(4)34)13-30-33-23(35)14-41-20-9-8-18(12-21(20)38-5)25-24(27(36)40-7-2)15(3)31-28(37)32-25/h8-13,25H,6-7,14H2,1-5H3,(H,33,35)(H2,31,32,37)/b30-13+/t25-/m1/s1. The van der Waals surface area contributed by atoms with Crippen molar-refractivity contribution in [2.75, 3.05) is 26.9 Å². The molecule has 224 valence electrons. The van der Waals surface area contributed by atoms with Gasteiger partial charge in [0.15, 0.2) is 29.6 Å². The van der Waals surface area contributed by atoms with Crippen LogP contribution in [0.5, 0.6) is 23.0 Å². The fourth-order valence-corrected chi connectivity index (χ4v) is 4.47. The average molecular weight is 647 g/mol. The highest BCUT2D eigenvalue weighted by atomic mass is 79.9. The van der Waals surface area contributed by atoms with Crippen LogP contribution < -0.4 is 35.0 Å². The van der Waals surface area contributed by atoms with Gasteiger partial charge in [0, 0.05) is 12.6 Å². The Balaban J connectivity index is 1.68. The van der Waals surface area contributed by atoms with E-state index in [2.05, 4.69) is 37.1 Å². The molecule has 0 saturated carbocycles. The normalized spacial score (nSPS) is 14.5. The Labute approximate surface area is 250 Å². The zero-order valence-electron chi connectivity index (χ0n) is 23.7. The number of esters is 2. The zero-order chi connectivity index (χ0) is 30.8. The van der Waals surface area contributed by atoms with E-state index in [-0.39, 0.29) is 36.0 Å². The van der Waals surface area contributed by atoms with E-state index in [9.17, 15) is 19.2 Å². The Kier molecular flexibility index (Phi) is 11.3. The molecule has 0 saturated heterocycles. The number of urea groups is 1. The van der Waals surface area contributed by atoms with Gasteiger partial charge in [0.1, 0.15) is 0 Å². The molecule has 14 heteroatoms. The van der Waals surface area contributed by atoms with Crippen molar-refractivity contribution < 1.29 is 42.9 Å². The van der Waals surface area contributed by atoms with E-state index in [4.69, 9.17) is 23.7 Å². The Hall–Kier alpha value is -4.59. The molecule has 0 spiro atoms. The summed E-state index contributed by atoms with van der Waals surface area (Å²) in [7, 11) is 1.42. The molecule has 1 atom stereocenters. The van der Waals surface area contributed by atoms with Crippen molar-refractivity contribution in [3.8, 4) is 23.0 Å². The summed E-state index contributed by atoms with van der Waals surface area (Å²) in [5.74, 6) is -0.507. The Morgan fingerprint density at radius 1 is 1.07 bits per heavy atom. The first kappa shape index (κ1) is 31.9. The SMILES string of the molecule is CCOC(=O)C1=C(C)NC(=O)N[C@@H]1c1ccc(OCC(=O)N/N=C/c2cc(Br)c(OC(C)=O)c(OCC)c2)c(OC)c1. The third kappa shape index (κ3) is 8.22. The molecule has 3 rings (SSSR count). The largest absolute Gasteiger partial charge is 0.493 e. The van der Waals surface area contributed by atoms with Gasteiger partial charge >= 0.3 is 18.0 Å². The fourth-order valence-electron chi connectivity index (χ4n) is 3.93. The first-order valence-corrected chi connectivity index (χ1v) is 13.6. The van der Waals surface area contributed by atoms with Crippen LogP contribution in [0.2, 0.25) is 0 Å². The number of carbonyl (C=O) groups excluding carboxylic acids is 4. The maximum atomic E-state index is 12.6. The molecule has 1 aliphatic heterocycles. The summed E-state index contributed by atoms with van der Waals surface area (Å²) in [5.41, 5.74) is 4.11. The average Bonchev–Trinajstić information content (AvgIpc) is 2.93. The molecule has 3 amide bonds. The topological polar surface area (TPSA) is 163 Å². The quantitative estimate of drug-likeness (QED) is 0.135. The number of benzene rings is 2.